The minimum Gasteiger partial charge on any atom is -0.473 e. The normalized spacial score (nSPS) is 17.4. The third kappa shape index (κ3) is 9.01. The standard InChI is InChI=1S/C18H25NO2.C2H2O4/c1-3-21-18(20)17-10-7-11-19(14-17)13-15(2)12-16-8-5-4-6-9-16;3-1(4)2(5)6/h4-6,8-9,12,17H,3,7,10-11,13-14H2,1-2H3;(H,3,4)(H,5,6). The maximum atomic E-state index is 11.9. The van der Waals surface area contributed by atoms with E-state index in [0.29, 0.717) is 6.61 Å². The van der Waals surface area contributed by atoms with Gasteiger partial charge in [0, 0.05) is 13.1 Å². The lowest BCUT2D eigenvalue weighted by Gasteiger charge is -2.31. The van der Waals surface area contributed by atoms with E-state index >= 15 is 0 Å². The summed E-state index contributed by atoms with van der Waals surface area (Å²) in [7, 11) is 0. The van der Waals surface area contributed by atoms with Gasteiger partial charge >= 0.3 is 17.9 Å². The van der Waals surface area contributed by atoms with E-state index in [2.05, 4.69) is 42.2 Å². The molecule has 1 saturated heterocycles. The van der Waals surface area contributed by atoms with Gasteiger partial charge in [-0.2, -0.15) is 0 Å². The number of ether oxygens (including phenoxy) is 1. The molecule has 1 aromatic rings. The van der Waals surface area contributed by atoms with Crippen LogP contribution >= 0.6 is 0 Å². The van der Waals surface area contributed by atoms with Crippen molar-refractivity contribution < 1.29 is 29.3 Å². The lowest BCUT2D eigenvalue weighted by molar-refractivity contribution is -0.159. The van der Waals surface area contributed by atoms with E-state index in [9.17, 15) is 4.79 Å². The molecule has 0 bridgehead atoms. The van der Waals surface area contributed by atoms with Gasteiger partial charge in [0.2, 0.25) is 0 Å². The molecule has 1 aromatic carbocycles. The van der Waals surface area contributed by atoms with Crippen LogP contribution in [0.15, 0.2) is 35.9 Å². The molecule has 0 amide bonds. The van der Waals surface area contributed by atoms with Gasteiger partial charge in [-0.3, -0.25) is 9.69 Å². The molecule has 0 spiro atoms. The molecule has 2 rings (SSSR count). The van der Waals surface area contributed by atoms with Crippen LogP contribution in [0.3, 0.4) is 0 Å². The molecular weight excluding hydrogens is 350 g/mol. The minimum absolute atomic E-state index is 0.0353. The highest BCUT2D eigenvalue weighted by Crippen LogP contribution is 2.19. The molecule has 7 heteroatoms. The number of carboxylic acid groups (broad SMARTS) is 2. The Hall–Kier alpha value is -2.67. The van der Waals surface area contributed by atoms with Crippen LogP contribution in [0.4, 0.5) is 0 Å². The summed E-state index contributed by atoms with van der Waals surface area (Å²) in [5.41, 5.74) is 2.56. The van der Waals surface area contributed by atoms with E-state index in [1.54, 1.807) is 0 Å². The monoisotopic (exact) mass is 377 g/mol. The fourth-order valence-electron chi connectivity index (χ4n) is 2.88. The van der Waals surface area contributed by atoms with Crippen LogP contribution in [-0.2, 0) is 19.1 Å². The molecule has 1 aliphatic rings. The van der Waals surface area contributed by atoms with Gasteiger partial charge in [-0.25, -0.2) is 9.59 Å². The molecule has 1 heterocycles. The van der Waals surface area contributed by atoms with Crippen LogP contribution in [0.1, 0.15) is 32.3 Å². The van der Waals surface area contributed by atoms with Crippen LogP contribution in [0, 0.1) is 5.92 Å². The molecular formula is C20H27NO6. The number of aliphatic carboxylic acids is 2. The van der Waals surface area contributed by atoms with Gasteiger partial charge in [0.25, 0.3) is 0 Å². The van der Waals surface area contributed by atoms with E-state index in [-0.39, 0.29) is 11.9 Å². The van der Waals surface area contributed by atoms with Crippen molar-refractivity contribution in [2.45, 2.75) is 26.7 Å². The van der Waals surface area contributed by atoms with Gasteiger partial charge in [-0.1, -0.05) is 42.0 Å². The Morgan fingerprint density at radius 3 is 2.37 bits per heavy atom. The number of esters is 1. The number of piperidine rings is 1. The minimum atomic E-state index is -1.82. The average molecular weight is 377 g/mol. The van der Waals surface area contributed by atoms with E-state index < -0.39 is 11.9 Å². The van der Waals surface area contributed by atoms with E-state index in [4.69, 9.17) is 24.5 Å². The molecule has 0 aliphatic carbocycles. The molecule has 7 nitrogen and oxygen atoms in total. The van der Waals surface area contributed by atoms with Crippen molar-refractivity contribution in [3.8, 4) is 0 Å². The quantitative estimate of drug-likeness (QED) is 0.600. The zero-order valence-corrected chi connectivity index (χ0v) is 15.8. The highest BCUT2D eigenvalue weighted by molar-refractivity contribution is 6.27. The summed E-state index contributed by atoms with van der Waals surface area (Å²) in [6, 6.07) is 10.4. The van der Waals surface area contributed by atoms with Gasteiger partial charge in [-0.05, 0) is 38.8 Å². The van der Waals surface area contributed by atoms with E-state index in [1.807, 2.05) is 13.0 Å². The summed E-state index contributed by atoms with van der Waals surface area (Å²) in [5.74, 6) is -3.64. The lowest BCUT2D eigenvalue weighted by atomic mass is 9.97. The lowest BCUT2D eigenvalue weighted by Crippen LogP contribution is -2.40. The number of carbonyl (C=O) groups is 3. The molecule has 0 aromatic heterocycles. The smallest absolute Gasteiger partial charge is 0.414 e. The zero-order valence-electron chi connectivity index (χ0n) is 15.8. The van der Waals surface area contributed by atoms with Crippen molar-refractivity contribution in [2.24, 2.45) is 5.92 Å². The van der Waals surface area contributed by atoms with Gasteiger partial charge in [0.05, 0.1) is 12.5 Å². The van der Waals surface area contributed by atoms with Crippen LogP contribution in [0.2, 0.25) is 0 Å². The molecule has 2 N–H and O–H groups in total. The molecule has 1 atom stereocenters. The maximum Gasteiger partial charge on any atom is 0.414 e. The van der Waals surface area contributed by atoms with E-state index in [0.717, 1.165) is 32.5 Å². The number of carboxylic acids is 2. The maximum absolute atomic E-state index is 11.9. The van der Waals surface area contributed by atoms with Crippen molar-refractivity contribution in [1.82, 2.24) is 4.90 Å². The first-order chi connectivity index (χ1) is 12.8. The Bertz CT molecular complexity index is 644. The molecule has 148 valence electrons. The predicted molar refractivity (Wildman–Crippen MR) is 101 cm³/mol. The molecule has 27 heavy (non-hydrogen) atoms. The zero-order chi connectivity index (χ0) is 20.2. The summed E-state index contributed by atoms with van der Waals surface area (Å²) < 4.78 is 5.15. The first kappa shape index (κ1) is 22.4. The SMILES string of the molecule is CCOC(=O)C1CCCN(CC(C)=Cc2ccccc2)C1.O=C(O)C(=O)O. The second-order valence-electron chi connectivity index (χ2n) is 6.34. The molecule has 0 radical (unpaired) electrons. The summed E-state index contributed by atoms with van der Waals surface area (Å²) in [6.45, 7) is 7.30. The Morgan fingerprint density at radius 1 is 1.19 bits per heavy atom. The Labute approximate surface area is 159 Å². The Morgan fingerprint density at radius 2 is 1.81 bits per heavy atom. The summed E-state index contributed by atoms with van der Waals surface area (Å²) >= 11 is 0. The second-order valence-corrected chi connectivity index (χ2v) is 6.34. The average Bonchev–Trinajstić information content (AvgIpc) is 2.63. The van der Waals surface area contributed by atoms with Crippen LogP contribution < -0.4 is 0 Å². The number of rotatable bonds is 5. The molecule has 1 unspecified atom stereocenters. The number of nitrogens with zero attached hydrogens (tertiary/aromatic N) is 1. The third-order valence-corrected chi connectivity index (χ3v) is 3.99. The molecule has 0 saturated carbocycles. The van der Waals surface area contributed by atoms with Crippen molar-refractivity contribution in [3.63, 3.8) is 0 Å². The number of benzene rings is 1. The topological polar surface area (TPSA) is 104 Å². The third-order valence-electron chi connectivity index (χ3n) is 3.99. The van der Waals surface area contributed by atoms with Crippen LogP contribution in [0.5, 0.6) is 0 Å². The van der Waals surface area contributed by atoms with Crippen LogP contribution in [-0.4, -0.2) is 59.3 Å². The van der Waals surface area contributed by atoms with Crippen molar-refractivity contribution in [1.29, 1.82) is 0 Å². The van der Waals surface area contributed by atoms with Gasteiger partial charge in [-0.15, -0.1) is 0 Å². The molecule has 1 aliphatic heterocycles. The van der Waals surface area contributed by atoms with Crippen molar-refractivity contribution in [3.05, 3.63) is 41.5 Å². The second kappa shape index (κ2) is 11.9. The van der Waals surface area contributed by atoms with Crippen molar-refractivity contribution in [2.75, 3.05) is 26.2 Å². The Balaban J connectivity index is 0.000000527. The predicted octanol–water partition coefficient (Wildman–Crippen LogP) is 2.52. The summed E-state index contributed by atoms with van der Waals surface area (Å²) in [5, 5.41) is 14.8. The largest absolute Gasteiger partial charge is 0.473 e. The van der Waals surface area contributed by atoms with Gasteiger partial charge in [0.1, 0.15) is 0 Å². The van der Waals surface area contributed by atoms with Crippen molar-refractivity contribution >= 4 is 24.0 Å². The van der Waals surface area contributed by atoms with Crippen LogP contribution in [0.25, 0.3) is 6.08 Å². The fourth-order valence-corrected chi connectivity index (χ4v) is 2.88. The number of likely N-dealkylation sites (tertiary alicyclic amines) is 1. The highest BCUT2D eigenvalue weighted by Gasteiger charge is 2.26. The summed E-state index contributed by atoms with van der Waals surface area (Å²) in [6.07, 6.45) is 4.24. The van der Waals surface area contributed by atoms with E-state index in [1.165, 1.54) is 11.1 Å². The molecule has 1 fully saturated rings. The number of carbonyl (C=O) groups excluding carboxylic acids is 1. The number of hydrogen-bond acceptors (Lipinski definition) is 5. The first-order valence-corrected chi connectivity index (χ1v) is 8.90. The van der Waals surface area contributed by atoms with Gasteiger partial charge in [0.15, 0.2) is 0 Å². The first-order valence-electron chi connectivity index (χ1n) is 8.90. The Kier molecular flexibility index (Phi) is 9.82. The van der Waals surface area contributed by atoms with Gasteiger partial charge < -0.3 is 14.9 Å². The highest BCUT2D eigenvalue weighted by atomic mass is 16.5. The summed E-state index contributed by atoms with van der Waals surface area (Å²) in [4.78, 5) is 32.4. The number of hydrogen-bond donors (Lipinski definition) is 2. The fraction of sp³-hybridized carbons (Fsp3) is 0.450.